The Morgan fingerprint density at radius 3 is 2.28 bits per heavy atom. The number of carbonyl (C=O) groups excluding carboxylic acids is 1. The first-order valence-electron chi connectivity index (χ1n) is 13.4. The van der Waals surface area contributed by atoms with E-state index in [9.17, 15) is 10.1 Å². The molecule has 8 heteroatoms. The Balaban J connectivity index is 1.37. The van der Waals surface area contributed by atoms with E-state index in [1.54, 1.807) is 0 Å². The van der Waals surface area contributed by atoms with Crippen LogP contribution < -0.4 is 19.9 Å². The molecule has 8 nitrogen and oxygen atoms in total. The number of nitrogens with one attached hydrogen (secondary N) is 1. The van der Waals surface area contributed by atoms with Gasteiger partial charge in [-0.2, -0.15) is 5.26 Å². The highest BCUT2D eigenvalue weighted by Gasteiger charge is 2.30. The molecule has 0 aliphatic carbocycles. The number of piperazine rings is 1. The highest BCUT2D eigenvalue weighted by Crippen LogP contribution is 2.32. The van der Waals surface area contributed by atoms with Crippen molar-refractivity contribution in [2.45, 2.75) is 19.3 Å². The maximum Gasteiger partial charge on any atom is 0.243 e. The van der Waals surface area contributed by atoms with Crippen molar-refractivity contribution in [3.63, 3.8) is 0 Å². The number of hydrogen-bond donors (Lipinski definition) is 1. The number of carbonyl (C=O) groups is 1. The standard InChI is InChI=1S/C31H32N6O2/c1-2-39-28-15-9-8-14-27(28)36-18-20-37(21-19-36)30-29(34-25-12-6-7-13-26(25)35-30)24(22-32)31(38)33-17-16-23-10-4-3-5-11-23/h3-15,24H,2,16-21H2,1H3,(H,33,38)/t24-/m1/s1. The molecule has 4 aromatic rings. The molecule has 0 spiro atoms. The second-order valence-electron chi connectivity index (χ2n) is 9.38. The molecule has 3 aromatic carbocycles. The number of nitriles is 1. The number of nitrogens with zero attached hydrogens (tertiary/aromatic N) is 5. The van der Waals surface area contributed by atoms with Crippen LogP contribution in [-0.2, 0) is 11.2 Å². The third-order valence-corrected chi connectivity index (χ3v) is 6.88. The molecule has 0 unspecified atom stereocenters. The summed E-state index contributed by atoms with van der Waals surface area (Å²) in [5.41, 5.74) is 3.99. The van der Waals surface area contributed by atoms with Crippen LogP contribution in [0.25, 0.3) is 11.0 Å². The van der Waals surface area contributed by atoms with Gasteiger partial charge in [0.15, 0.2) is 11.7 Å². The molecule has 1 aliphatic rings. The van der Waals surface area contributed by atoms with Crippen LogP contribution in [0.1, 0.15) is 24.1 Å². The minimum Gasteiger partial charge on any atom is -0.492 e. The van der Waals surface area contributed by atoms with Crippen LogP contribution in [0.5, 0.6) is 5.75 Å². The fourth-order valence-electron chi connectivity index (χ4n) is 4.91. The molecule has 1 atom stereocenters. The fraction of sp³-hybridized carbons (Fsp3) is 0.290. The van der Waals surface area contributed by atoms with Crippen LogP contribution in [-0.4, -0.2) is 55.2 Å². The Labute approximate surface area is 228 Å². The average molecular weight is 521 g/mol. The Morgan fingerprint density at radius 2 is 1.56 bits per heavy atom. The Kier molecular flexibility index (Phi) is 8.18. The van der Waals surface area contributed by atoms with E-state index in [0.29, 0.717) is 49.7 Å². The zero-order chi connectivity index (χ0) is 27.0. The molecule has 39 heavy (non-hydrogen) atoms. The number of aromatic nitrogens is 2. The van der Waals surface area contributed by atoms with Crippen LogP contribution in [0.2, 0.25) is 0 Å². The highest BCUT2D eigenvalue weighted by molar-refractivity contribution is 5.89. The van der Waals surface area contributed by atoms with Gasteiger partial charge in [-0.1, -0.05) is 54.6 Å². The van der Waals surface area contributed by atoms with E-state index < -0.39 is 5.92 Å². The molecular formula is C31H32N6O2. The first kappa shape index (κ1) is 26.0. The van der Waals surface area contributed by atoms with Gasteiger partial charge in [0.25, 0.3) is 0 Å². The number of amides is 1. The third-order valence-electron chi connectivity index (χ3n) is 6.88. The lowest BCUT2D eigenvalue weighted by Crippen LogP contribution is -2.47. The van der Waals surface area contributed by atoms with Crippen molar-refractivity contribution in [2.24, 2.45) is 0 Å². The van der Waals surface area contributed by atoms with Gasteiger partial charge >= 0.3 is 0 Å². The van der Waals surface area contributed by atoms with Crippen molar-refractivity contribution >= 4 is 28.4 Å². The second kappa shape index (κ2) is 12.3. The molecule has 0 radical (unpaired) electrons. The maximum absolute atomic E-state index is 13.2. The van der Waals surface area contributed by atoms with Crippen molar-refractivity contribution in [1.29, 1.82) is 5.26 Å². The summed E-state index contributed by atoms with van der Waals surface area (Å²) in [5, 5.41) is 13.0. The Hall–Kier alpha value is -4.64. The first-order chi connectivity index (χ1) is 19.2. The molecule has 5 rings (SSSR count). The van der Waals surface area contributed by atoms with E-state index in [1.165, 1.54) is 0 Å². The van der Waals surface area contributed by atoms with Crippen LogP contribution in [0.3, 0.4) is 0 Å². The van der Waals surface area contributed by atoms with Gasteiger partial charge in [0.1, 0.15) is 11.4 Å². The normalized spacial score (nSPS) is 14.1. The fourth-order valence-corrected chi connectivity index (χ4v) is 4.91. The summed E-state index contributed by atoms with van der Waals surface area (Å²) in [6, 6.07) is 27.8. The van der Waals surface area contributed by atoms with Gasteiger partial charge in [-0.25, -0.2) is 9.97 Å². The maximum atomic E-state index is 13.2. The van der Waals surface area contributed by atoms with Gasteiger partial charge < -0.3 is 19.9 Å². The predicted molar refractivity (Wildman–Crippen MR) is 153 cm³/mol. The smallest absolute Gasteiger partial charge is 0.243 e. The topological polar surface area (TPSA) is 94.4 Å². The molecule has 1 aliphatic heterocycles. The van der Waals surface area contributed by atoms with E-state index in [2.05, 4.69) is 27.3 Å². The summed E-state index contributed by atoms with van der Waals surface area (Å²) < 4.78 is 5.84. The molecule has 1 saturated heterocycles. The number of rotatable bonds is 9. The van der Waals surface area contributed by atoms with Crippen LogP contribution in [0.15, 0.2) is 78.9 Å². The largest absolute Gasteiger partial charge is 0.492 e. The number of ether oxygens (including phenoxy) is 1. The quantitative estimate of drug-likeness (QED) is 0.351. The highest BCUT2D eigenvalue weighted by atomic mass is 16.5. The molecule has 1 amide bonds. The number of para-hydroxylation sites is 4. The summed E-state index contributed by atoms with van der Waals surface area (Å²) in [7, 11) is 0. The van der Waals surface area contributed by atoms with E-state index >= 15 is 0 Å². The lowest BCUT2D eigenvalue weighted by Gasteiger charge is -2.38. The van der Waals surface area contributed by atoms with Crippen molar-refractivity contribution in [2.75, 3.05) is 49.1 Å². The van der Waals surface area contributed by atoms with Crippen LogP contribution in [0, 0.1) is 11.3 Å². The van der Waals surface area contributed by atoms with E-state index in [0.717, 1.165) is 35.6 Å². The molecule has 198 valence electrons. The van der Waals surface area contributed by atoms with Gasteiger partial charge in [-0.15, -0.1) is 0 Å². The Bertz CT molecular complexity index is 1460. The lowest BCUT2D eigenvalue weighted by atomic mass is 10.0. The summed E-state index contributed by atoms with van der Waals surface area (Å²) >= 11 is 0. The number of hydrogen-bond acceptors (Lipinski definition) is 7. The molecule has 1 N–H and O–H groups in total. The SMILES string of the molecule is CCOc1ccccc1N1CCN(c2nc3ccccc3nc2[C@@H](C#N)C(=O)NCCc2ccccc2)CC1. The van der Waals surface area contributed by atoms with E-state index in [1.807, 2.05) is 79.7 Å². The van der Waals surface area contributed by atoms with Gasteiger partial charge in [-0.3, -0.25) is 4.79 Å². The zero-order valence-electron chi connectivity index (χ0n) is 22.1. The monoisotopic (exact) mass is 520 g/mol. The predicted octanol–water partition coefficient (Wildman–Crippen LogP) is 4.32. The van der Waals surface area contributed by atoms with E-state index in [-0.39, 0.29) is 5.91 Å². The summed E-state index contributed by atoms with van der Waals surface area (Å²) in [5.74, 6) is 0.0423. The molecular weight excluding hydrogens is 488 g/mol. The molecule has 1 aromatic heterocycles. The van der Waals surface area contributed by atoms with Gasteiger partial charge in [0.2, 0.25) is 5.91 Å². The minimum absolute atomic E-state index is 0.358. The molecule has 1 fully saturated rings. The summed E-state index contributed by atoms with van der Waals surface area (Å²) in [6.07, 6.45) is 0.687. The van der Waals surface area contributed by atoms with Crippen molar-refractivity contribution < 1.29 is 9.53 Å². The molecule has 2 heterocycles. The van der Waals surface area contributed by atoms with Gasteiger partial charge in [-0.05, 0) is 43.2 Å². The average Bonchev–Trinajstić information content (AvgIpc) is 2.98. The van der Waals surface area contributed by atoms with Crippen molar-refractivity contribution in [1.82, 2.24) is 15.3 Å². The van der Waals surface area contributed by atoms with Crippen molar-refractivity contribution in [3.05, 3.63) is 90.1 Å². The van der Waals surface area contributed by atoms with Crippen LogP contribution in [0.4, 0.5) is 11.5 Å². The summed E-state index contributed by atoms with van der Waals surface area (Å²) in [6.45, 7) is 5.88. The van der Waals surface area contributed by atoms with Crippen LogP contribution >= 0.6 is 0 Å². The molecule has 0 bridgehead atoms. The van der Waals surface area contributed by atoms with Gasteiger partial charge in [0.05, 0.1) is 29.4 Å². The minimum atomic E-state index is -1.07. The van der Waals surface area contributed by atoms with E-state index in [4.69, 9.17) is 14.7 Å². The lowest BCUT2D eigenvalue weighted by molar-refractivity contribution is -0.121. The van der Waals surface area contributed by atoms with Crippen molar-refractivity contribution in [3.8, 4) is 11.8 Å². The number of fused-ring (bicyclic) bond motifs is 1. The second-order valence-corrected chi connectivity index (χ2v) is 9.38. The number of anilines is 2. The zero-order valence-corrected chi connectivity index (χ0v) is 22.1. The first-order valence-corrected chi connectivity index (χ1v) is 13.4. The summed E-state index contributed by atoms with van der Waals surface area (Å²) in [4.78, 5) is 27.4. The Morgan fingerprint density at radius 1 is 0.923 bits per heavy atom. The number of benzene rings is 3. The molecule has 0 saturated carbocycles. The van der Waals surface area contributed by atoms with Gasteiger partial charge in [0, 0.05) is 32.7 Å². The third kappa shape index (κ3) is 5.93.